The van der Waals surface area contributed by atoms with E-state index >= 15 is 0 Å². The molecule has 2 heteroatoms. The van der Waals surface area contributed by atoms with Crippen molar-refractivity contribution in [1.82, 2.24) is 0 Å². The summed E-state index contributed by atoms with van der Waals surface area (Å²) in [4.78, 5) is 1.29. The summed E-state index contributed by atoms with van der Waals surface area (Å²) in [5, 5.41) is 9.18. The van der Waals surface area contributed by atoms with Crippen LogP contribution in [0.2, 0.25) is 0 Å². The normalized spacial score (nSPS) is 12.1. The molecule has 0 aliphatic carbocycles. The first kappa shape index (κ1) is 11.1. The minimum Gasteiger partial charge on any atom is -0.198 e. The Balaban J connectivity index is 2.60. The van der Waals surface area contributed by atoms with Crippen molar-refractivity contribution in [3.63, 3.8) is 0 Å². The summed E-state index contributed by atoms with van der Waals surface area (Å²) in [7, 11) is 0. The molecule has 1 aromatic rings. The number of thioether (sulfide) groups is 1. The zero-order valence-electron chi connectivity index (χ0n) is 8.66. The lowest BCUT2D eigenvalue weighted by molar-refractivity contribution is 0.905. The van der Waals surface area contributed by atoms with Crippen LogP contribution in [0, 0.1) is 11.3 Å². The molecule has 0 aromatic heterocycles. The van der Waals surface area contributed by atoms with Gasteiger partial charge in [0.1, 0.15) is 0 Å². The maximum Gasteiger partial charge on any atom is 0.0669 e. The summed E-state index contributed by atoms with van der Waals surface area (Å²) >= 11 is 1.89. The summed E-state index contributed by atoms with van der Waals surface area (Å²) in [6, 6.07) is 10.4. The fraction of sp³-hybridized carbons (Fsp3) is 0.417. The Kier molecular flexibility index (Phi) is 4.55. The maximum absolute atomic E-state index is 8.52. The number of nitriles is 1. The summed E-state index contributed by atoms with van der Waals surface area (Å²) in [6.07, 6.45) is 1.69. The topological polar surface area (TPSA) is 23.8 Å². The van der Waals surface area contributed by atoms with Crippen LogP contribution in [0.5, 0.6) is 0 Å². The van der Waals surface area contributed by atoms with Gasteiger partial charge in [-0.15, -0.1) is 11.8 Å². The van der Waals surface area contributed by atoms with Gasteiger partial charge in [-0.05, 0) is 24.1 Å². The van der Waals surface area contributed by atoms with E-state index in [4.69, 9.17) is 5.26 Å². The van der Waals surface area contributed by atoms with Gasteiger partial charge >= 0.3 is 0 Å². The third kappa shape index (κ3) is 3.43. The van der Waals surface area contributed by atoms with Gasteiger partial charge in [0, 0.05) is 10.1 Å². The highest BCUT2D eigenvalue weighted by molar-refractivity contribution is 7.99. The van der Waals surface area contributed by atoms with Crippen LogP contribution in [0.3, 0.4) is 0 Å². The zero-order valence-corrected chi connectivity index (χ0v) is 9.47. The van der Waals surface area contributed by atoms with Gasteiger partial charge in [0.15, 0.2) is 0 Å². The quantitative estimate of drug-likeness (QED) is 0.701. The van der Waals surface area contributed by atoms with E-state index in [9.17, 15) is 0 Å². The van der Waals surface area contributed by atoms with Gasteiger partial charge in [-0.2, -0.15) is 5.26 Å². The highest BCUT2D eigenvalue weighted by atomic mass is 32.2. The summed E-state index contributed by atoms with van der Waals surface area (Å²) in [6.45, 7) is 4.43. The molecule has 0 fully saturated rings. The number of rotatable bonds is 4. The molecule has 1 rings (SSSR count). The Hall–Kier alpha value is -0.940. The lowest BCUT2D eigenvalue weighted by Crippen LogP contribution is -1.91. The average Bonchev–Trinajstić information content (AvgIpc) is 2.21. The molecule has 0 heterocycles. The van der Waals surface area contributed by atoms with Crippen molar-refractivity contribution in [2.24, 2.45) is 0 Å². The van der Waals surface area contributed by atoms with E-state index in [0.717, 1.165) is 5.56 Å². The second-order valence-electron chi connectivity index (χ2n) is 3.32. The van der Waals surface area contributed by atoms with E-state index in [2.05, 4.69) is 32.0 Å². The Bertz CT molecular complexity index is 310. The van der Waals surface area contributed by atoms with Crippen LogP contribution in [-0.4, -0.2) is 5.25 Å². The van der Waals surface area contributed by atoms with Crippen LogP contribution in [0.4, 0.5) is 0 Å². The van der Waals surface area contributed by atoms with E-state index in [1.807, 2.05) is 23.9 Å². The SMILES string of the molecule is CCC(C)Sc1ccc(CC#N)cc1. The van der Waals surface area contributed by atoms with Crippen molar-refractivity contribution in [1.29, 1.82) is 5.26 Å². The number of hydrogen-bond acceptors (Lipinski definition) is 2. The highest BCUT2D eigenvalue weighted by Gasteiger charge is 2.01. The van der Waals surface area contributed by atoms with Crippen molar-refractivity contribution in [2.75, 3.05) is 0 Å². The highest BCUT2D eigenvalue weighted by Crippen LogP contribution is 2.24. The van der Waals surface area contributed by atoms with Crippen molar-refractivity contribution >= 4 is 11.8 Å². The monoisotopic (exact) mass is 205 g/mol. The largest absolute Gasteiger partial charge is 0.198 e. The third-order valence-corrected chi connectivity index (χ3v) is 3.40. The summed E-state index contributed by atoms with van der Waals surface area (Å²) in [5.74, 6) is 0. The molecule has 0 bridgehead atoms. The minimum atomic E-state index is 0.508. The first-order valence-electron chi connectivity index (χ1n) is 4.88. The number of benzene rings is 1. The lowest BCUT2D eigenvalue weighted by Gasteiger charge is -2.07. The molecule has 0 N–H and O–H groups in total. The second-order valence-corrected chi connectivity index (χ2v) is 4.83. The predicted molar refractivity (Wildman–Crippen MR) is 61.4 cm³/mol. The van der Waals surface area contributed by atoms with Gasteiger partial charge in [-0.1, -0.05) is 26.0 Å². The molecule has 0 spiro atoms. The van der Waals surface area contributed by atoms with Gasteiger partial charge in [-0.25, -0.2) is 0 Å². The van der Waals surface area contributed by atoms with Crippen LogP contribution in [-0.2, 0) is 6.42 Å². The van der Waals surface area contributed by atoms with E-state index in [1.54, 1.807) is 0 Å². The summed E-state index contributed by atoms with van der Waals surface area (Å²) < 4.78 is 0. The maximum atomic E-state index is 8.52. The van der Waals surface area contributed by atoms with Gasteiger partial charge in [-0.3, -0.25) is 0 Å². The molecular weight excluding hydrogens is 190 g/mol. The van der Waals surface area contributed by atoms with Gasteiger partial charge in [0.05, 0.1) is 12.5 Å². The second kappa shape index (κ2) is 5.72. The molecule has 1 aromatic carbocycles. The molecule has 74 valence electrons. The van der Waals surface area contributed by atoms with Gasteiger partial charge in [0.25, 0.3) is 0 Å². The van der Waals surface area contributed by atoms with Crippen LogP contribution >= 0.6 is 11.8 Å². The van der Waals surface area contributed by atoms with E-state index in [0.29, 0.717) is 11.7 Å². The van der Waals surface area contributed by atoms with Crippen LogP contribution < -0.4 is 0 Å². The van der Waals surface area contributed by atoms with Crippen LogP contribution in [0.1, 0.15) is 25.8 Å². The zero-order chi connectivity index (χ0) is 10.4. The van der Waals surface area contributed by atoms with E-state index in [-0.39, 0.29) is 0 Å². The first-order valence-corrected chi connectivity index (χ1v) is 5.76. The molecule has 1 unspecified atom stereocenters. The molecule has 1 atom stereocenters. The molecule has 0 aliphatic heterocycles. The van der Waals surface area contributed by atoms with Crippen molar-refractivity contribution in [3.05, 3.63) is 29.8 Å². The molecule has 0 radical (unpaired) electrons. The fourth-order valence-corrected chi connectivity index (χ4v) is 2.02. The van der Waals surface area contributed by atoms with Crippen LogP contribution in [0.15, 0.2) is 29.2 Å². The van der Waals surface area contributed by atoms with E-state index < -0.39 is 0 Å². The predicted octanol–water partition coefficient (Wildman–Crippen LogP) is 3.64. The van der Waals surface area contributed by atoms with E-state index in [1.165, 1.54) is 11.3 Å². The number of hydrogen-bond donors (Lipinski definition) is 0. The molecule has 0 aliphatic rings. The Morgan fingerprint density at radius 2 is 2.00 bits per heavy atom. The Morgan fingerprint density at radius 3 is 2.50 bits per heavy atom. The fourth-order valence-electron chi connectivity index (χ4n) is 1.09. The average molecular weight is 205 g/mol. The van der Waals surface area contributed by atoms with Gasteiger partial charge < -0.3 is 0 Å². The number of nitrogens with zero attached hydrogens (tertiary/aromatic N) is 1. The summed E-state index contributed by atoms with van der Waals surface area (Å²) in [5.41, 5.74) is 1.10. The molecule has 0 amide bonds. The lowest BCUT2D eigenvalue weighted by atomic mass is 10.2. The van der Waals surface area contributed by atoms with Crippen LogP contribution in [0.25, 0.3) is 0 Å². The molecule has 1 nitrogen and oxygen atoms in total. The Morgan fingerprint density at radius 1 is 1.36 bits per heavy atom. The smallest absolute Gasteiger partial charge is 0.0669 e. The molecule has 0 saturated carbocycles. The molecule has 0 saturated heterocycles. The molecule has 14 heavy (non-hydrogen) atoms. The van der Waals surface area contributed by atoms with Gasteiger partial charge in [0.2, 0.25) is 0 Å². The minimum absolute atomic E-state index is 0.508. The first-order chi connectivity index (χ1) is 6.76. The third-order valence-electron chi connectivity index (χ3n) is 2.12. The Labute approximate surface area is 90.1 Å². The van der Waals surface area contributed by atoms with Crippen molar-refractivity contribution in [2.45, 2.75) is 36.8 Å². The molecular formula is C12H15NS. The standard InChI is InChI=1S/C12H15NS/c1-3-10(2)14-12-6-4-11(5-7-12)8-9-13/h4-7,10H,3,8H2,1-2H3. The van der Waals surface area contributed by atoms with Crippen molar-refractivity contribution < 1.29 is 0 Å². The van der Waals surface area contributed by atoms with Crippen molar-refractivity contribution in [3.8, 4) is 6.07 Å².